The smallest absolute Gasteiger partial charge is 0.126 e. The summed E-state index contributed by atoms with van der Waals surface area (Å²) in [6.45, 7) is 3.58. The van der Waals surface area contributed by atoms with Crippen LogP contribution in [0.15, 0.2) is 35.9 Å². The van der Waals surface area contributed by atoms with Crippen LogP contribution in [0.25, 0.3) is 0 Å². The summed E-state index contributed by atoms with van der Waals surface area (Å²) in [6.07, 6.45) is 2.32. The quantitative estimate of drug-likeness (QED) is 0.689. The summed E-state index contributed by atoms with van der Waals surface area (Å²) in [4.78, 5) is 0. The molecular formula is C11H12ClF. The van der Waals surface area contributed by atoms with Gasteiger partial charge >= 0.3 is 0 Å². The molecule has 70 valence electrons. The maximum absolute atomic E-state index is 13.1. The van der Waals surface area contributed by atoms with Crippen LogP contribution in [0.1, 0.15) is 18.4 Å². The second-order valence-electron chi connectivity index (χ2n) is 2.96. The number of aryl methyl sites for hydroxylation is 1. The van der Waals surface area contributed by atoms with Crippen molar-refractivity contribution >= 4 is 11.6 Å². The number of hydrogen-bond acceptors (Lipinski definition) is 0. The monoisotopic (exact) mass is 198 g/mol. The molecule has 0 spiro atoms. The van der Waals surface area contributed by atoms with E-state index >= 15 is 0 Å². The number of rotatable bonds is 4. The lowest BCUT2D eigenvalue weighted by Crippen LogP contribution is -1.89. The Balaban J connectivity index is 2.45. The molecule has 0 fully saturated rings. The van der Waals surface area contributed by atoms with E-state index in [0.717, 1.165) is 24.8 Å². The van der Waals surface area contributed by atoms with E-state index in [1.54, 1.807) is 12.1 Å². The minimum Gasteiger partial charge on any atom is -0.207 e. The first-order chi connectivity index (χ1) is 6.20. The van der Waals surface area contributed by atoms with Crippen molar-refractivity contribution in [3.8, 4) is 0 Å². The van der Waals surface area contributed by atoms with E-state index in [9.17, 15) is 4.39 Å². The first kappa shape index (κ1) is 10.3. The van der Waals surface area contributed by atoms with Crippen LogP contribution < -0.4 is 0 Å². The van der Waals surface area contributed by atoms with Crippen LogP contribution in [0, 0.1) is 5.82 Å². The van der Waals surface area contributed by atoms with Gasteiger partial charge in [-0.2, -0.15) is 0 Å². The zero-order valence-corrected chi connectivity index (χ0v) is 8.15. The third kappa shape index (κ3) is 3.60. The van der Waals surface area contributed by atoms with Crippen molar-refractivity contribution in [2.75, 3.05) is 0 Å². The van der Waals surface area contributed by atoms with Crippen LogP contribution in [0.3, 0.4) is 0 Å². The van der Waals surface area contributed by atoms with Crippen molar-refractivity contribution in [1.29, 1.82) is 0 Å². The van der Waals surface area contributed by atoms with Crippen LogP contribution in [-0.2, 0) is 6.42 Å². The van der Waals surface area contributed by atoms with Gasteiger partial charge in [0.15, 0.2) is 0 Å². The van der Waals surface area contributed by atoms with Gasteiger partial charge in [0.25, 0.3) is 0 Å². The van der Waals surface area contributed by atoms with Crippen molar-refractivity contribution < 1.29 is 4.39 Å². The number of halogens is 2. The van der Waals surface area contributed by atoms with E-state index in [4.69, 9.17) is 11.6 Å². The molecule has 0 amide bonds. The largest absolute Gasteiger partial charge is 0.207 e. The average Bonchev–Trinajstić information content (AvgIpc) is 2.08. The minimum atomic E-state index is -0.136. The lowest BCUT2D eigenvalue weighted by molar-refractivity contribution is 0.605. The zero-order valence-electron chi connectivity index (χ0n) is 7.39. The fraction of sp³-hybridized carbons (Fsp3) is 0.273. The highest BCUT2D eigenvalue weighted by Gasteiger charge is 1.99. The third-order valence-electron chi connectivity index (χ3n) is 1.85. The van der Waals surface area contributed by atoms with Crippen LogP contribution in [0.5, 0.6) is 0 Å². The molecule has 0 aliphatic rings. The molecule has 0 aliphatic carbocycles. The summed E-state index contributed by atoms with van der Waals surface area (Å²) in [5.41, 5.74) is 0.750. The summed E-state index contributed by atoms with van der Waals surface area (Å²) in [5, 5.41) is 0.635. The van der Waals surface area contributed by atoms with E-state index in [1.165, 1.54) is 6.07 Å². The molecule has 2 heteroatoms. The lowest BCUT2D eigenvalue weighted by atomic mass is 10.1. The molecule has 1 rings (SSSR count). The first-order valence-corrected chi connectivity index (χ1v) is 4.64. The zero-order chi connectivity index (χ0) is 9.68. The van der Waals surface area contributed by atoms with E-state index in [2.05, 4.69) is 6.58 Å². The molecule has 13 heavy (non-hydrogen) atoms. The first-order valence-electron chi connectivity index (χ1n) is 4.27. The molecule has 0 atom stereocenters. The van der Waals surface area contributed by atoms with Crippen LogP contribution in [0.2, 0.25) is 0 Å². The molecule has 0 unspecified atom stereocenters. The van der Waals surface area contributed by atoms with Gasteiger partial charge in [0.1, 0.15) is 5.82 Å². The van der Waals surface area contributed by atoms with Gasteiger partial charge in [0.05, 0.1) is 0 Å². The Bertz CT molecular complexity index is 294. The minimum absolute atomic E-state index is 0.136. The molecule has 0 bridgehead atoms. The standard InChI is InChI=1S/C11H12ClF/c1-9(12)5-4-7-10-6-2-3-8-11(10)13/h2-3,6,8H,1,4-5,7H2. The van der Waals surface area contributed by atoms with Gasteiger partial charge in [0, 0.05) is 5.03 Å². The Morgan fingerprint density at radius 3 is 2.69 bits per heavy atom. The Labute approximate surface area is 83.0 Å². The van der Waals surface area contributed by atoms with Crippen molar-refractivity contribution in [3.63, 3.8) is 0 Å². The summed E-state index contributed by atoms with van der Waals surface area (Å²) in [6, 6.07) is 6.81. The average molecular weight is 199 g/mol. The highest BCUT2D eigenvalue weighted by molar-refractivity contribution is 6.29. The summed E-state index contributed by atoms with van der Waals surface area (Å²) < 4.78 is 13.1. The Kier molecular flexibility index (Phi) is 3.97. The van der Waals surface area contributed by atoms with Crippen molar-refractivity contribution in [2.45, 2.75) is 19.3 Å². The molecule has 0 N–H and O–H groups in total. The van der Waals surface area contributed by atoms with E-state index in [0.29, 0.717) is 5.03 Å². The summed E-state index contributed by atoms with van der Waals surface area (Å²) in [5.74, 6) is -0.136. The number of allylic oxidation sites excluding steroid dienone is 1. The molecule has 1 aromatic carbocycles. The molecule has 0 nitrogen and oxygen atoms in total. The van der Waals surface area contributed by atoms with Crippen LogP contribution in [0.4, 0.5) is 4.39 Å². The van der Waals surface area contributed by atoms with Gasteiger partial charge in [0.2, 0.25) is 0 Å². The van der Waals surface area contributed by atoms with Gasteiger partial charge < -0.3 is 0 Å². The molecular weight excluding hydrogens is 187 g/mol. The van der Waals surface area contributed by atoms with Gasteiger partial charge in [-0.25, -0.2) is 4.39 Å². The summed E-state index contributed by atoms with van der Waals surface area (Å²) in [7, 11) is 0. The third-order valence-corrected chi connectivity index (χ3v) is 2.04. The fourth-order valence-corrected chi connectivity index (χ4v) is 1.31. The van der Waals surface area contributed by atoms with Gasteiger partial charge in [-0.3, -0.25) is 0 Å². The second kappa shape index (κ2) is 5.03. The molecule has 0 saturated heterocycles. The lowest BCUT2D eigenvalue weighted by Gasteiger charge is -2.01. The number of benzene rings is 1. The molecule has 0 heterocycles. The maximum Gasteiger partial charge on any atom is 0.126 e. The van der Waals surface area contributed by atoms with Crippen LogP contribution in [-0.4, -0.2) is 0 Å². The normalized spacial score (nSPS) is 10.0. The maximum atomic E-state index is 13.1. The predicted octanol–water partition coefficient (Wildman–Crippen LogP) is 3.90. The second-order valence-corrected chi connectivity index (χ2v) is 3.50. The van der Waals surface area contributed by atoms with Crippen molar-refractivity contribution in [3.05, 3.63) is 47.3 Å². The van der Waals surface area contributed by atoms with E-state index in [1.807, 2.05) is 6.07 Å². The van der Waals surface area contributed by atoms with E-state index in [-0.39, 0.29) is 5.82 Å². The van der Waals surface area contributed by atoms with Gasteiger partial charge in [-0.05, 0) is 30.9 Å². The van der Waals surface area contributed by atoms with Gasteiger partial charge in [-0.1, -0.05) is 36.4 Å². The van der Waals surface area contributed by atoms with Crippen molar-refractivity contribution in [1.82, 2.24) is 0 Å². The molecule has 0 radical (unpaired) electrons. The van der Waals surface area contributed by atoms with Gasteiger partial charge in [-0.15, -0.1) is 0 Å². The molecule has 0 saturated carbocycles. The summed E-state index contributed by atoms with van der Waals surface area (Å²) >= 11 is 5.60. The Morgan fingerprint density at radius 2 is 2.08 bits per heavy atom. The van der Waals surface area contributed by atoms with Crippen molar-refractivity contribution in [2.24, 2.45) is 0 Å². The highest BCUT2D eigenvalue weighted by Crippen LogP contribution is 2.13. The molecule has 1 aromatic rings. The fourth-order valence-electron chi connectivity index (χ4n) is 1.17. The molecule has 0 aliphatic heterocycles. The Hall–Kier alpha value is -0.820. The SMILES string of the molecule is C=C(Cl)CCCc1ccccc1F. The van der Waals surface area contributed by atoms with Crippen LogP contribution >= 0.6 is 11.6 Å². The predicted molar refractivity (Wildman–Crippen MR) is 54.3 cm³/mol. The topological polar surface area (TPSA) is 0 Å². The number of hydrogen-bond donors (Lipinski definition) is 0. The molecule has 0 aromatic heterocycles. The Morgan fingerprint density at radius 1 is 1.38 bits per heavy atom. The highest BCUT2D eigenvalue weighted by atomic mass is 35.5. The van der Waals surface area contributed by atoms with E-state index < -0.39 is 0 Å².